The van der Waals surface area contributed by atoms with Gasteiger partial charge in [-0.2, -0.15) is 0 Å². The molecule has 0 aliphatic carbocycles. The Morgan fingerprint density at radius 1 is 0.700 bits per heavy atom. The van der Waals surface area contributed by atoms with Gasteiger partial charge in [-0.05, 0) is 47.6 Å². The van der Waals surface area contributed by atoms with Crippen LogP contribution in [0.3, 0.4) is 0 Å². The van der Waals surface area contributed by atoms with Gasteiger partial charge in [-0.3, -0.25) is 0 Å². The van der Waals surface area contributed by atoms with Crippen LogP contribution in [0.5, 0.6) is 5.75 Å². The predicted molar refractivity (Wildman–Crippen MR) is 129 cm³/mol. The minimum Gasteiger partial charge on any atom is -0.508 e. The molecule has 0 heterocycles. The lowest BCUT2D eigenvalue weighted by molar-refractivity contribution is 0.465. The highest BCUT2D eigenvalue weighted by atomic mass is 16.3. The van der Waals surface area contributed by atoms with Gasteiger partial charge in [-0.1, -0.05) is 82.3 Å². The van der Waals surface area contributed by atoms with Crippen LogP contribution in [0.4, 0.5) is 11.4 Å². The summed E-state index contributed by atoms with van der Waals surface area (Å²) in [4.78, 5) is 0. The van der Waals surface area contributed by atoms with Gasteiger partial charge in [0.25, 0.3) is 0 Å². The van der Waals surface area contributed by atoms with Crippen LogP contribution in [0.1, 0.15) is 74.8 Å². The molecule has 3 aromatic carbocycles. The molecule has 3 N–H and O–H groups in total. The second-order valence-corrected chi connectivity index (χ2v) is 8.56. The molecule has 0 saturated carbocycles. The predicted octanol–water partition coefficient (Wildman–Crippen LogP) is 7.42. The standard InChI is InChI=1S/C27H34N2O/c1-18(2)22-13-10-14-23(19(3)4)27(22)28-17-21-11-6-8-15-25(21)29-20(5)24-12-7-9-16-26(24)30/h6-16,18-20,28-30H,17H2,1-5H3/t20-/m0/s1. The maximum Gasteiger partial charge on any atom is 0.120 e. The number of phenolic OH excluding ortho intramolecular Hbond substituents is 1. The summed E-state index contributed by atoms with van der Waals surface area (Å²) in [7, 11) is 0. The molecule has 3 nitrogen and oxygen atoms in total. The highest BCUT2D eigenvalue weighted by Gasteiger charge is 2.15. The molecule has 0 spiro atoms. The third-order valence-electron chi connectivity index (χ3n) is 5.62. The zero-order valence-corrected chi connectivity index (χ0v) is 18.7. The van der Waals surface area contributed by atoms with Crippen molar-refractivity contribution in [1.29, 1.82) is 0 Å². The third-order valence-corrected chi connectivity index (χ3v) is 5.62. The van der Waals surface area contributed by atoms with Crippen molar-refractivity contribution in [1.82, 2.24) is 0 Å². The van der Waals surface area contributed by atoms with Crippen LogP contribution >= 0.6 is 0 Å². The second kappa shape index (κ2) is 9.71. The van der Waals surface area contributed by atoms with E-state index in [2.05, 4.69) is 81.7 Å². The third kappa shape index (κ3) is 4.96. The van der Waals surface area contributed by atoms with E-state index >= 15 is 0 Å². The van der Waals surface area contributed by atoms with Crippen molar-refractivity contribution in [3.63, 3.8) is 0 Å². The number of phenols is 1. The maximum atomic E-state index is 10.2. The Balaban J connectivity index is 1.84. The van der Waals surface area contributed by atoms with E-state index in [9.17, 15) is 5.11 Å². The van der Waals surface area contributed by atoms with E-state index in [0.29, 0.717) is 17.6 Å². The fourth-order valence-corrected chi connectivity index (χ4v) is 3.92. The van der Waals surface area contributed by atoms with Crippen LogP contribution in [0, 0.1) is 0 Å². The summed E-state index contributed by atoms with van der Waals surface area (Å²) in [6, 6.07) is 22.5. The molecule has 0 unspecified atom stereocenters. The summed E-state index contributed by atoms with van der Waals surface area (Å²) in [5.41, 5.74) is 7.14. The minimum absolute atomic E-state index is 0.00141. The Morgan fingerprint density at radius 3 is 1.90 bits per heavy atom. The molecule has 0 amide bonds. The molecule has 0 fully saturated rings. The molecular formula is C27H34N2O. The molecule has 0 radical (unpaired) electrons. The maximum absolute atomic E-state index is 10.2. The fraction of sp³-hybridized carbons (Fsp3) is 0.333. The van der Waals surface area contributed by atoms with Crippen molar-refractivity contribution in [2.45, 2.75) is 59.0 Å². The fourth-order valence-electron chi connectivity index (χ4n) is 3.92. The summed E-state index contributed by atoms with van der Waals surface area (Å²) >= 11 is 0. The number of hydrogen-bond donors (Lipinski definition) is 3. The molecule has 1 atom stereocenters. The molecular weight excluding hydrogens is 368 g/mol. The SMILES string of the molecule is CC(C)c1cccc(C(C)C)c1NCc1ccccc1N[C@@H](C)c1ccccc1O. The van der Waals surface area contributed by atoms with Crippen molar-refractivity contribution >= 4 is 11.4 Å². The first kappa shape index (κ1) is 21.8. The number of anilines is 2. The van der Waals surface area contributed by atoms with E-state index < -0.39 is 0 Å². The van der Waals surface area contributed by atoms with Crippen molar-refractivity contribution in [3.05, 3.63) is 89.0 Å². The number of para-hydroxylation sites is 3. The monoisotopic (exact) mass is 402 g/mol. The number of hydrogen-bond acceptors (Lipinski definition) is 3. The lowest BCUT2D eigenvalue weighted by Gasteiger charge is -2.23. The molecule has 0 aliphatic heterocycles. The van der Waals surface area contributed by atoms with Gasteiger partial charge in [0.1, 0.15) is 5.75 Å². The van der Waals surface area contributed by atoms with E-state index in [1.54, 1.807) is 6.07 Å². The quantitative estimate of drug-likeness (QED) is 0.367. The van der Waals surface area contributed by atoms with E-state index in [4.69, 9.17) is 0 Å². The van der Waals surface area contributed by atoms with Gasteiger partial charge in [0.15, 0.2) is 0 Å². The van der Waals surface area contributed by atoms with Crippen LogP contribution in [0.2, 0.25) is 0 Å². The van der Waals surface area contributed by atoms with Gasteiger partial charge in [0, 0.05) is 23.5 Å². The number of benzene rings is 3. The molecule has 3 rings (SSSR count). The lowest BCUT2D eigenvalue weighted by atomic mass is 9.92. The van der Waals surface area contributed by atoms with Gasteiger partial charge in [-0.25, -0.2) is 0 Å². The van der Waals surface area contributed by atoms with E-state index in [-0.39, 0.29) is 6.04 Å². The highest BCUT2D eigenvalue weighted by molar-refractivity contribution is 5.62. The number of nitrogens with one attached hydrogen (secondary N) is 2. The largest absolute Gasteiger partial charge is 0.508 e. The van der Waals surface area contributed by atoms with E-state index in [1.165, 1.54) is 22.4 Å². The van der Waals surface area contributed by atoms with Crippen LogP contribution in [-0.2, 0) is 6.54 Å². The minimum atomic E-state index is 0.00141. The Morgan fingerprint density at radius 2 is 1.27 bits per heavy atom. The molecule has 0 aliphatic rings. The average molecular weight is 403 g/mol. The molecule has 0 saturated heterocycles. The normalized spacial score (nSPS) is 12.2. The Hall–Kier alpha value is -2.94. The van der Waals surface area contributed by atoms with Gasteiger partial charge < -0.3 is 15.7 Å². The van der Waals surface area contributed by atoms with Crippen LogP contribution in [0.15, 0.2) is 66.7 Å². The zero-order chi connectivity index (χ0) is 21.7. The van der Waals surface area contributed by atoms with E-state index in [1.807, 2.05) is 24.3 Å². The molecule has 3 aromatic rings. The topological polar surface area (TPSA) is 44.3 Å². The van der Waals surface area contributed by atoms with Crippen LogP contribution < -0.4 is 10.6 Å². The van der Waals surface area contributed by atoms with Crippen molar-refractivity contribution < 1.29 is 5.11 Å². The Bertz CT molecular complexity index is 952. The number of rotatable bonds is 8. The zero-order valence-electron chi connectivity index (χ0n) is 18.7. The molecule has 158 valence electrons. The van der Waals surface area contributed by atoms with Crippen LogP contribution in [0.25, 0.3) is 0 Å². The lowest BCUT2D eigenvalue weighted by Crippen LogP contribution is -2.12. The molecule has 30 heavy (non-hydrogen) atoms. The second-order valence-electron chi connectivity index (χ2n) is 8.56. The van der Waals surface area contributed by atoms with Gasteiger partial charge >= 0.3 is 0 Å². The van der Waals surface area contributed by atoms with Gasteiger partial charge in [0.05, 0.1) is 6.04 Å². The van der Waals surface area contributed by atoms with E-state index in [0.717, 1.165) is 17.8 Å². The van der Waals surface area contributed by atoms with Crippen molar-refractivity contribution in [3.8, 4) is 5.75 Å². The van der Waals surface area contributed by atoms with Gasteiger partial charge in [0.2, 0.25) is 0 Å². The smallest absolute Gasteiger partial charge is 0.120 e. The van der Waals surface area contributed by atoms with Crippen molar-refractivity contribution in [2.75, 3.05) is 10.6 Å². The van der Waals surface area contributed by atoms with Gasteiger partial charge in [-0.15, -0.1) is 0 Å². The average Bonchev–Trinajstić information content (AvgIpc) is 2.73. The summed E-state index contributed by atoms with van der Waals surface area (Å²) in [5.74, 6) is 1.24. The Kier molecular flexibility index (Phi) is 7.04. The Labute approximate surface area is 181 Å². The summed E-state index contributed by atoms with van der Waals surface area (Å²) in [5, 5.41) is 17.5. The number of aromatic hydroxyl groups is 1. The first-order valence-electron chi connectivity index (χ1n) is 10.9. The summed E-state index contributed by atoms with van der Waals surface area (Å²) in [6.45, 7) is 11.8. The summed E-state index contributed by atoms with van der Waals surface area (Å²) in [6.07, 6.45) is 0. The molecule has 0 aromatic heterocycles. The summed E-state index contributed by atoms with van der Waals surface area (Å²) < 4.78 is 0. The van der Waals surface area contributed by atoms with Crippen LogP contribution in [-0.4, -0.2) is 5.11 Å². The molecule has 3 heteroatoms. The first-order valence-corrected chi connectivity index (χ1v) is 10.9. The molecule has 0 bridgehead atoms. The van der Waals surface area contributed by atoms with Crippen molar-refractivity contribution in [2.24, 2.45) is 0 Å². The first-order chi connectivity index (χ1) is 14.4. The highest BCUT2D eigenvalue weighted by Crippen LogP contribution is 2.33.